The molecular weight excluding hydrogens is 322 g/mol. The van der Waals surface area contributed by atoms with E-state index >= 15 is 0 Å². The molecule has 1 aromatic rings. The van der Waals surface area contributed by atoms with Gasteiger partial charge >= 0.3 is 5.97 Å². The molecule has 0 fully saturated rings. The zero-order chi connectivity index (χ0) is 18.4. The maximum atomic E-state index is 12.5. The van der Waals surface area contributed by atoms with Crippen LogP contribution in [0.1, 0.15) is 59.9 Å². The summed E-state index contributed by atoms with van der Waals surface area (Å²) >= 11 is 0. The third-order valence-electron chi connectivity index (χ3n) is 4.27. The van der Waals surface area contributed by atoms with E-state index in [1.54, 1.807) is 6.92 Å². The number of methoxy groups -OCH3 is 1. The number of primary amides is 1. The maximum Gasteiger partial charge on any atom is 0.331 e. The minimum absolute atomic E-state index is 0.0951. The van der Waals surface area contributed by atoms with Gasteiger partial charge in [-0.15, -0.1) is 0 Å². The number of carbonyl (C=O) groups excluding carboxylic acids is 3. The topological polar surface area (TPSA) is 111 Å². The van der Waals surface area contributed by atoms with Gasteiger partial charge in [0, 0.05) is 12.6 Å². The van der Waals surface area contributed by atoms with Gasteiger partial charge < -0.3 is 15.8 Å². The number of amides is 2. The second-order valence-corrected chi connectivity index (χ2v) is 6.36. The molecule has 134 valence electrons. The van der Waals surface area contributed by atoms with Crippen LogP contribution < -0.4 is 11.1 Å². The van der Waals surface area contributed by atoms with Crippen molar-refractivity contribution in [2.45, 2.75) is 44.6 Å². The zero-order valence-corrected chi connectivity index (χ0v) is 14.5. The van der Waals surface area contributed by atoms with Crippen molar-refractivity contribution in [3.8, 4) is 0 Å². The Balaban J connectivity index is 2.17. The molecule has 0 saturated carbocycles. The SMILES string of the molecule is COC(=O)C(C)(CC1=CCCCC1)NC(=O)c1ccc(C(N)=O)cn1. The molecule has 0 spiro atoms. The summed E-state index contributed by atoms with van der Waals surface area (Å²) in [6.45, 7) is 1.64. The molecule has 1 aliphatic rings. The van der Waals surface area contributed by atoms with E-state index in [4.69, 9.17) is 10.5 Å². The number of aromatic nitrogens is 1. The number of ether oxygens (including phenoxy) is 1. The standard InChI is InChI=1S/C18H23N3O4/c1-18(17(24)25-2,10-12-6-4-3-5-7-12)21-16(23)14-9-8-13(11-20-14)15(19)22/h6,8-9,11H,3-5,7,10H2,1-2H3,(H2,19,22)(H,21,23). The van der Waals surface area contributed by atoms with Crippen LogP contribution in [0.3, 0.4) is 0 Å². The molecule has 7 nitrogen and oxygen atoms in total. The van der Waals surface area contributed by atoms with Crippen molar-refractivity contribution in [2.24, 2.45) is 5.73 Å². The van der Waals surface area contributed by atoms with Gasteiger partial charge in [0.1, 0.15) is 11.2 Å². The van der Waals surface area contributed by atoms with Gasteiger partial charge in [-0.2, -0.15) is 0 Å². The molecule has 1 unspecified atom stereocenters. The molecule has 0 radical (unpaired) electrons. The Morgan fingerprint density at radius 2 is 2.08 bits per heavy atom. The molecule has 2 amide bonds. The molecule has 25 heavy (non-hydrogen) atoms. The third kappa shape index (κ3) is 4.65. The van der Waals surface area contributed by atoms with Gasteiger partial charge in [0.05, 0.1) is 12.7 Å². The van der Waals surface area contributed by atoms with Crippen LogP contribution in [0.4, 0.5) is 0 Å². The first kappa shape index (κ1) is 18.6. The molecule has 0 bridgehead atoms. The fourth-order valence-electron chi connectivity index (χ4n) is 2.90. The second-order valence-electron chi connectivity index (χ2n) is 6.36. The van der Waals surface area contributed by atoms with E-state index in [9.17, 15) is 14.4 Å². The Hall–Kier alpha value is -2.70. The van der Waals surface area contributed by atoms with Crippen LogP contribution in [0.25, 0.3) is 0 Å². The molecule has 1 aromatic heterocycles. The molecular formula is C18H23N3O4. The summed E-state index contributed by atoms with van der Waals surface area (Å²) in [5.74, 6) is -1.65. The number of allylic oxidation sites excluding steroid dienone is 1. The van der Waals surface area contributed by atoms with Crippen molar-refractivity contribution in [3.05, 3.63) is 41.2 Å². The van der Waals surface area contributed by atoms with E-state index in [0.29, 0.717) is 6.42 Å². The van der Waals surface area contributed by atoms with Crippen molar-refractivity contribution in [1.82, 2.24) is 10.3 Å². The summed E-state index contributed by atoms with van der Waals surface area (Å²) in [4.78, 5) is 39.8. The highest BCUT2D eigenvalue weighted by molar-refractivity contribution is 5.98. The first-order chi connectivity index (χ1) is 11.9. The monoisotopic (exact) mass is 345 g/mol. The summed E-state index contributed by atoms with van der Waals surface area (Å²) in [6, 6.07) is 2.82. The average molecular weight is 345 g/mol. The van der Waals surface area contributed by atoms with Gasteiger partial charge in [0.2, 0.25) is 5.91 Å². The fourth-order valence-corrected chi connectivity index (χ4v) is 2.90. The summed E-state index contributed by atoms with van der Waals surface area (Å²) in [6.07, 6.45) is 7.86. The van der Waals surface area contributed by atoms with Crippen LogP contribution in [0.15, 0.2) is 30.0 Å². The minimum atomic E-state index is -1.18. The van der Waals surface area contributed by atoms with Gasteiger partial charge in [-0.3, -0.25) is 14.6 Å². The summed E-state index contributed by atoms with van der Waals surface area (Å²) in [5.41, 5.74) is 5.41. The maximum absolute atomic E-state index is 12.5. The van der Waals surface area contributed by atoms with Crippen LogP contribution in [0.5, 0.6) is 0 Å². The van der Waals surface area contributed by atoms with E-state index in [1.165, 1.54) is 25.4 Å². The number of carbonyl (C=O) groups is 3. The van der Waals surface area contributed by atoms with E-state index in [0.717, 1.165) is 31.3 Å². The van der Waals surface area contributed by atoms with Gasteiger partial charge in [-0.05, 0) is 44.7 Å². The normalized spacial score (nSPS) is 16.3. The molecule has 7 heteroatoms. The number of hydrogen-bond acceptors (Lipinski definition) is 5. The number of hydrogen-bond donors (Lipinski definition) is 2. The summed E-state index contributed by atoms with van der Waals surface area (Å²) in [5, 5.41) is 2.72. The van der Waals surface area contributed by atoms with Crippen molar-refractivity contribution >= 4 is 17.8 Å². The lowest BCUT2D eigenvalue weighted by atomic mass is 9.87. The summed E-state index contributed by atoms with van der Waals surface area (Å²) < 4.78 is 4.88. The van der Waals surface area contributed by atoms with Crippen molar-refractivity contribution in [2.75, 3.05) is 7.11 Å². The molecule has 1 heterocycles. The number of nitrogens with one attached hydrogen (secondary N) is 1. The largest absolute Gasteiger partial charge is 0.467 e. The van der Waals surface area contributed by atoms with E-state index in [1.807, 2.05) is 0 Å². The highest BCUT2D eigenvalue weighted by Gasteiger charge is 2.37. The van der Waals surface area contributed by atoms with Crippen molar-refractivity contribution < 1.29 is 19.1 Å². The van der Waals surface area contributed by atoms with E-state index < -0.39 is 23.3 Å². The third-order valence-corrected chi connectivity index (χ3v) is 4.27. The quantitative estimate of drug-likeness (QED) is 0.602. The first-order valence-corrected chi connectivity index (χ1v) is 8.20. The molecule has 0 aromatic carbocycles. The highest BCUT2D eigenvalue weighted by Crippen LogP contribution is 2.26. The molecule has 0 aliphatic heterocycles. The molecule has 1 atom stereocenters. The van der Waals surface area contributed by atoms with Gasteiger partial charge in [0.25, 0.3) is 5.91 Å². The predicted octanol–water partition coefficient (Wildman–Crippen LogP) is 1.73. The highest BCUT2D eigenvalue weighted by atomic mass is 16.5. The number of pyridine rings is 1. The molecule has 2 rings (SSSR count). The number of rotatable bonds is 6. The minimum Gasteiger partial charge on any atom is -0.467 e. The Bertz CT molecular complexity index is 697. The molecule has 0 saturated heterocycles. The van der Waals surface area contributed by atoms with Crippen LogP contribution in [0, 0.1) is 0 Å². The van der Waals surface area contributed by atoms with Crippen LogP contribution in [-0.2, 0) is 9.53 Å². The zero-order valence-electron chi connectivity index (χ0n) is 14.5. The van der Waals surface area contributed by atoms with Gasteiger partial charge in [-0.1, -0.05) is 11.6 Å². The van der Waals surface area contributed by atoms with Crippen LogP contribution >= 0.6 is 0 Å². The van der Waals surface area contributed by atoms with Crippen molar-refractivity contribution in [3.63, 3.8) is 0 Å². The number of nitrogens with zero attached hydrogens (tertiary/aromatic N) is 1. The molecule has 1 aliphatic carbocycles. The Kier molecular flexibility index (Phi) is 5.90. The Labute approximate surface area is 146 Å². The van der Waals surface area contributed by atoms with Crippen LogP contribution in [0.2, 0.25) is 0 Å². The smallest absolute Gasteiger partial charge is 0.331 e. The number of nitrogens with two attached hydrogens (primary N) is 1. The van der Waals surface area contributed by atoms with Gasteiger partial charge in [-0.25, -0.2) is 4.79 Å². The van der Waals surface area contributed by atoms with Crippen LogP contribution in [-0.4, -0.2) is 35.4 Å². The van der Waals surface area contributed by atoms with Gasteiger partial charge in [0.15, 0.2) is 0 Å². The molecule has 3 N–H and O–H groups in total. The Morgan fingerprint density at radius 3 is 2.60 bits per heavy atom. The lowest BCUT2D eigenvalue weighted by Gasteiger charge is -2.30. The predicted molar refractivity (Wildman–Crippen MR) is 91.8 cm³/mol. The lowest BCUT2D eigenvalue weighted by molar-refractivity contribution is -0.147. The second kappa shape index (κ2) is 7.92. The fraction of sp³-hybridized carbons (Fsp3) is 0.444. The number of esters is 1. The summed E-state index contributed by atoms with van der Waals surface area (Å²) in [7, 11) is 1.29. The van der Waals surface area contributed by atoms with E-state index in [2.05, 4.69) is 16.4 Å². The average Bonchev–Trinajstić information content (AvgIpc) is 2.61. The Morgan fingerprint density at radius 1 is 1.32 bits per heavy atom. The lowest BCUT2D eigenvalue weighted by Crippen LogP contribution is -2.53. The first-order valence-electron chi connectivity index (χ1n) is 8.20. The van der Waals surface area contributed by atoms with E-state index in [-0.39, 0.29) is 11.3 Å². The van der Waals surface area contributed by atoms with Crippen molar-refractivity contribution in [1.29, 1.82) is 0 Å².